The summed E-state index contributed by atoms with van der Waals surface area (Å²) in [5.74, 6) is 0.114. The van der Waals surface area contributed by atoms with E-state index >= 15 is 0 Å². The third-order valence-corrected chi connectivity index (χ3v) is 1.72. The lowest BCUT2D eigenvalue weighted by atomic mass is 10.2. The van der Waals surface area contributed by atoms with Gasteiger partial charge in [0.2, 0.25) is 0 Å². The van der Waals surface area contributed by atoms with Crippen molar-refractivity contribution in [1.82, 2.24) is 4.90 Å². The molecule has 0 aliphatic carbocycles. The van der Waals surface area contributed by atoms with Crippen molar-refractivity contribution in [1.29, 1.82) is 0 Å². The van der Waals surface area contributed by atoms with Crippen LogP contribution in [0.15, 0.2) is 12.3 Å². The smallest absolute Gasteiger partial charge is 0.154 e. The highest BCUT2D eigenvalue weighted by atomic mass is 16.1. The van der Waals surface area contributed by atoms with E-state index in [1.807, 2.05) is 6.20 Å². The van der Waals surface area contributed by atoms with E-state index in [9.17, 15) is 4.79 Å². The number of ketones is 1. The zero-order chi connectivity index (χ0) is 7.78. The zero-order valence-corrected chi connectivity index (χ0v) is 6.72. The number of carbonyl (C=O) groups excluding carboxylic acids is 1. The lowest BCUT2D eigenvalue weighted by Crippen LogP contribution is -2.02. The quantitative estimate of drug-likeness (QED) is 0.423. The van der Waals surface area contributed by atoms with Gasteiger partial charge in [-0.05, 0) is 26.8 Å². The van der Waals surface area contributed by atoms with E-state index in [1.54, 1.807) is 13.0 Å². The van der Waals surface area contributed by atoms with E-state index in [2.05, 4.69) is 18.7 Å². The standard InChI is InChI=1S/C8H13NO/c1-7(10)4-5-9-6-8(9,2)3/h4-5H,6H2,1-3H3/b5-4+. The fourth-order valence-corrected chi connectivity index (χ4v) is 0.831. The minimum Gasteiger partial charge on any atom is -0.368 e. The van der Waals surface area contributed by atoms with Crippen LogP contribution in [0.2, 0.25) is 0 Å². The van der Waals surface area contributed by atoms with Crippen LogP contribution in [0.1, 0.15) is 20.8 Å². The molecule has 2 nitrogen and oxygen atoms in total. The Hall–Kier alpha value is -0.790. The van der Waals surface area contributed by atoms with Crippen molar-refractivity contribution in [2.75, 3.05) is 6.54 Å². The van der Waals surface area contributed by atoms with Gasteiger partial charge < -0.3 is 4.90 Å². The molecule has 1 heterocycles. The Morgan fingerprint density at radius 2 is 2.10 bits per heavy atom. The molecule has 0 N–H and O–H groups in total. The summed E-state index contributed by atoms with van der Waals surface area (Å²) in [5, 5.41) is 0. The molecule has 0 aromatic rings. The Balaban J connectivity index is 2.37. The Bertz CT molecular complexity index is 182. The Morgan fingerprint density at radius 1 is 1.60 bits per heavy atom. The molecule has 10 heavy (non-hydrogen) atoms. The molecule has 1 saturated heterocycles. The average Bonchev–Trinajstić information content (AvgIpc) is 2.35. The molecule has 56 valence electrons. The van der Waals surface area contributed by atoms with Gasteiger partial charge in [0, 0.05) is 12.7 Å². The first-order valence-corrected chi connectivity index (χ1v) is 3.48. The third-order valence-electron chi connectivity index (χ3n) is 1.72. The molecule has 1 fully saturated rings. The molecule has 1 aliphatic heterocycles. The maximum absolute atomic E-state index is 10.5. The molecule has 0 unspecified atom stereocenters. The fraction of sp³-hybridized carbons (Fsp3) is 0.625. The van der Waals surface area contributed by atoms with Crippen molar-refractivity contribution in [3.05, 3.63) is 12.3 Å². The predicted molar refractivity (Wildman–Crippen MR) is 40.6 cm³/mol. The molecule has 0 aromatic heterocycles. The van der Waals surface area contributed by atoms with Crippen LogP contribution in [0.4, 0.5) is 0 Å². The molecule has 0 amide bonds. The predicted octanol–water partition coefficient (Wildman–Crippen LogP) is 1.18. The van der Waals surface area contributed by atoms with Gasteiger partial charge in [0.1, 0.15) is 0 Å². The Morgan fingerprint density at radius 3 is 2.40 bits per heavy atom. The number of rotatable bonds is 2. The molecule has 0 atom stereocenters. The third kappa shape index (κ3) is 1.59. The largest absolute Gasteiger partial charge is 0.368 e. The van der Waals surface area contributed by atoms with Gasteiger partial charge >= 0.3 is 0 Å². The number of hydrogen-bond donors (Lipinski definition) is 0. The van der Waals surface area contributed by atoms with E-state index in [0.29, 0.717) is 5.54 Å². The second kappa shape index (κ2) is 2.11. The first-order valence-electron chi connectivity index (χ1n) is 3.48. The van der Waals surface area contributed by atoms with Crippen LogP contribution in [0, 0.1) is 0 Å². The van der Waals surface area contributed by atoms with Gasteiger partial charge in [-0.25, -0.2) is 0 Å². The molecule has 0 saturated carbocycles. The monoisotopic (exact) mass is 139 g/mol. The summed E-state index contributed by atoms with van der Waals surface area (Å²) in [6.45, 7) is 6.93. The number of allylic oxidation sites excluding steroid dienone is 1. The molecule has 2 heteroatoms. The first kappa shape index (κ1) is 7.32. The van der Waals surface area contributed by atoms with Gasteiger partial charge in [-0.2, -0.15) is 0 Å². The Kier molecular flexibility index (Phi) is 1.55. The second-order valence-corrected chi connectivity index (χ2v) is 3.37. The molecular formula is C8H13NO. The average molecular weight is 139 g/mol. The van der Waals surface area contributed by atoms with Crippen LogP contribution in [-0.2, 0) is 4.79 Å². The number of carbonyl (C=O) groups is 1. The summed E-state index contributed by atoms with van der Waals surface area (Å²) in [6.07, 6.45) is 3.47. The highest BCUT2D eigenvalue weighted by molar-refractivity contribution is 5.87. The minimum absolute atomic E-state index is 0.114. The summed E-state index contributed by atoms with van der Waals surface area (Å²) in [7, 11) is 0. The lowest BCUT2D eigenvalue weighted by molar-refractivity contribution is -0.112. The molecule has 0 spiro atoms. The maximum atomic E-state index is 10.5. The lowest BCUT2D eigenvalue weighted by Gasteiger charge is -1.99. The molecule has 1 rings (SSSR count). The normalized spacial score (nSPS) is 21.7. The van der Waals surface area contributed by atoms with E-state index < -0.39 is 0 Å². The van der Waals surface area contributed by atoms with Crippen LogP contribution in [-0.4, -0.2) is 22.8 Å². The van der Waals surface area contributed by atoms with Crippen molar-refractivity contribution in [2.24, 2.45) is 0 Å². The van der Waals surface area contributed by atoms with Crippen molar-refractivity contribution in [3.63, 3.8) is 0 Å². The summed E-state index contributed by atoms with van der Waals surface area (Å²) < 4.78 is 0. The van der Waals surface area contributed by atoms with Gasteiger partial charge in [0.25, 0.3) is 0 Å². The summed E-state index contributed by atoms with van der Waals surface area (Å²) in [5.41, 5.74) is 0.298. The van der Waals surface area contributed by atoms with Gasteiger partial charge in [0.05, 0.1) is 5.54 Å². The van der Waals surface area contributed by atoms with E-state index in [1.165, 1.54) is 0 Å². The second-order valence-electron chi connectivity index (χ2n) is 3.37. The molecule has 0 bridgehead atoms. The van der Waals surface area contributed by atoms with Gasteiger partial charge in [-0.1, -0.05) is 0 Å². The number of nitrogens with zero attached hydrogens (tertiary/aromatic N) is 1. The van der Waals surface area contributed by atoms with Crippen molar-refractivity contribution >= 4 is 5.78 Å². The molecule has 1 aliphatic rings. The number of hydrogen-bond acceptors (Lipinski definition) is 2. The van der Waals surface area contributed by atoms with E-state index in [-0.39, 0.29) is 5.78 Å². The summed E-state index contributed by atoms with van der Waals surface area (Å²) >= 11 is 0. The molecule has 0 aromatic carbocycles. The van der Waals surface area contributed by atoms with E-state index in [4.69, 9.17) is 0 Å². The molecule has 0 radical (unpaired) electrons. The zero-order valence-electron chi connectivity index (χ0n) is 6.72. The summed E-state index contributed by atoms with van der Waals surface area (Å²) in [4.78, 5) is 12.6. The topological polar surface area (TPSA) is 20.1 Å². The van der Waals surface area contributed by atoms with Crippen LogP contribution in [0.25, 0.3) is 0 Å². The van der Waals surface area contributed by atoms with Crippen LogP contribution in [0.5, 0.6) is 0 Å². The highest BCUT2D eigenvalue weighted by Gasteiger charge is 2.39. The minimum atomic E-state index is 0.114. The van der Waals surface area contributed by atoms with Crippen LogP contribution in [0.3, 0.4) is 0 Å². The molecular weight excluding hydrogens is 126 g/mol. The maximum Gasteiger partial charge on any atom is 0.154 e. The SMILES string of the molecule is CC(=O)/C=C/N1CC1(C)C. The highest BCUT2D eigenvalue weighted by Crippen LogP contribution is 2.30. The fourth-order valence-electron chi connectivity index (χ4n) is 0.831. The summed E-state index contributed by atoms with van der Waals surface area (Å²) in [6, 6.07) is 0. The first-order chi connectivity index (χ1) is 4.52. The van der Waals surface area contributed by atoms with Crippen LogP contribution < -0.4 is 0 Å². The Labute approximate surface area is 61.5 Å². The van der Waals surface area contributed by atoms with Crippen molar-refractivity contribution in [2.45, 2.75) is 26.3 Å². The van der Waals surface area contributed by atoms with E-state index in [0.717, 1.165) is 6.54 Å². The van der Waals surface area contributed by atoms with Gasteiger partial charge in [-0.15, -0.1) is 0 Å². The van der Waals surface area contributed by atoms with Crippen molar-refractivity contribution < 1.29 is 4.79 Å². The van der Waals surface area contributed by atoms with Crippen LogP contribution >= 0.6 is 0 Å². The van der Waals surface area contributed by atoms with Gasteiger partial charge in [0.15, 0.2) is 5.78 Å². The van der Waals surface area contributed by atoms with Gasteiger partial charge in [-0.3, -0.25) is 4.79 Å². The van der Waals surface area contributed by atoms with Crippen molar-refractivity contribution in [3.8, 4) is 0 Å².